The maximum absolute atomic E-state index is 12.9. The van der Waals surface area contributed by atoms with Gasteiger partial charge < -0.3 is 5.32 Å². The number of hydrogen-bond acceptors (Lipinski definition) is 3. The normalized spacial score (nSPS) is 10.7. The second-order valence-electron chi connectivity index (χ2n) is 6.16. The van der Waals surface area contributed by atoms with Crippen LogP contribution in [-0.2, 0) is 11.2 Å². The van der Waals surface area contributed by atoms with E-state index in [2.05, 4.69) is 15.8 Å². The summed E-state index contributed by atoms with van der Waals surface area (Å²) in [4.78, 5) is 24.2. The van der Waals surface area contributed by atoms with Crippen molar-refractivity contribution >= 4 is 35.3 Å². The number of carbonyl (C=O) groups is 2. The summed E-state index contributed by atoms with van der Waals surface area (Å²) in [5.41, 5.74) is 4.73. The molecule has 3 rings (SSSR count). The minimum Gasteiger partial charge on any atom is -0.322 e. The molecule has 0 unspecified atom stereocenters. The van der Waals surface area contributed by atoms with E-state index in [1.165, 1.54) is 18.3 Å². The van der Waals surface area contributed by atoms with Gasteiger partial charge in [-0.05, 0) is 47.5 Å². The molecule has 2 amide bonds. The van der Waals surface area contributed by atoms with Gasteiger partial charge in [0.2, 0.25) is 5.91 Å². The van der Waals surface area contributed by atoms with Crippen LogP contribution in [0.25, 0.3) is 0 Å². The third kappa shape index (κ3) is 5.99. The molecule has 7 heteroatoms. The predicted molar refractivity (Wildman–Crippen MR) is 112 cm³/mol. The number of rotatable bonds is 6. The molecule has 0 saturated heterocycles. The van der Waals surface area contributed by atoms with E-state index in [-0.39, 0.29) is 24.1 Å². The van der Waals surface area contributed by atoms with Crippen LogP contribution < -0.4 is 10.7 Å². The molecule has 146 valence electrons. The van der Waals surface area contributed by atoms with Crippen molar-refractivity contribution in [3.8, 4) is 0 Å². The van der Waals surface area contributed by atoms with Crippen LogP contribution in [0, 0.1) is 5.82 Å². The van der Waals surface area contributed by atoms with Crippen molar-refractivity contribution < 1.29 is 14.0 Å². The van der Waals surface area contributed by atoms with Gasteiger partial charge in [0.1, 0.15) is 5.82 Å². The molecule has 0 fully saturated rings. The molecule has 0 aromatic heterocycles. The summed E-state index contributed by atoms with van der Waals surface area (Å²) in [5, 5.41) is 7.06. The molecule has 0 atom stereocenters. The van der Waals surface area contributed by atoms with Gasteiger partial charge in [0.05, 0.1) is 23.2 Å². The summed E-state index contributed by atoms with van der Waals surface area (Å²) < 4.78 is 12.9. The van der Waals surface area contributed by atoms with E-state index in [1.54, 1.807) is 60.7 Å². The van der Waals surface area contributed by atoms with Crippen LogP contribution in [0.2, 0.25) is 5.02 Å². The van der Waals surface area contributed by atoms with Gasteiger partial charge in [0.25, 0.3) is 5.91 Å². The topological polar surface area (TPSA) is 70.6 Å². The summed E-state index contributed by atoms with van der Waals surface area (Å²) in [6, 6.07) is 19.4. The first-order valence-corrected chi connectivity index (χ1v) is 9.11. The minimum absolute atomic E-state index is 0.0888. The summed E-state index contributed by atoms with van der Waals surface area (Å²) >= 11 is 6.04. The lowest BCUT2D eigenvalue weighted by molar-refractivity contribution is -0.120. The quantitative estimate of drug-likeness (QED) is 0.467. The van der Waals surface area contributed by atoms with Gasteiger partial charge in [-0.1, -0.05) is 48.0 Å². The number of nitrogens with one attached hydrogen (secondary N) is 2. The Hall–Kier alpha value is -3.51. The lowest BCUT2D eigenvalue weighted by Crippen LogP contribution is -2.19. The largest absolute Gasteiger partial charge is 0.322 e. The molecule has 0 heterocycles. The van der Waals surface area contributed by atoms with Crippen molar-refractivity contribution in [1.82, 2.24) is 5.43 Å². The lowest BCUT2D eigenvalue weighted by atomic mass is 10.1. The van der Waals surface area contributed by atoms with E-state index >= 15 is 0 Å². The predicted octanol–water partition coefficient (Wildman–Crippen LogP) is 4.42. The van der Waals surface area contributed by atoms with Crippen molar-refractivity contribution in [3.63, 3.8) is 0 Å². The number of amides is 2. The zero-order valence-corrected chi connectivity index (χ0v) is 16.0. The van der Waals surface area contributed by atoms with E-state index in [1.807, 2.05) is 0 Å². The molecule has 3 aromatic carbocycles. The third-order valence-corrected chi connectivity index (χ3v) is 4.27. The Morgan fingerprint density at radius 1 is 1.00 bits per heavy atom. The van der Waals surface area contributed by atoms with Gasteiger partial charge >= 0.3 is 0 Å². The highest BCUT2D eigenvalue weighted by molar-refractivity contribution is 6.34. The molecule has 2 N–H and O–H groups in total. The average molecular weight is 410 g/mol. The Kier molecular flexibility index (Phi) is 6.71. The van der Waals surface area contributed by atoms with Gasteiger partial charge in [-0.15, -0.1) is 0 Å². The van der Waals surface area contributed by atoms with Crippen LogP contribution in [0.5, 0.6) is 0 Å². The van der Waals surface area contributed by atoms with Gasteiger partial charge in [-0.3, -0.25) is 9.59 Å². The smallest absolute Gasteiger partial charge is 0.257 e. The Morgan fingerprint density at radius 2 is 1.76 bits per heavy atom. The monoisotopic (exact) mass is 409 g/mol. The van der Waals surface area contributed by atoms with Crippen LogP contribution in [0.15, 0.2) is 77.9 Å². The van der Waals surface area contributed by atoms with Crippen molar-refractivity contribution in [2.45, 2.75) is 6.42 Å². The first kappa shape index (κ1) is 20.2. The highest BCUT2D eigenvalue weighted by atomic mass is 35.5. The van der Waals surface area contributed by atoms with Crippen molar-refractivity contribution in [3.05, 3.63) is 100 Å². The molecule has 29 heavy (non-hydrogen) atoms. The van der Waals surface area contributed by atoms with Gasteiger partial charge in [0.15, 0.2) is 0 Å². The number of anilines is 1. The maximum Gasteiger partial charge on any atom is 0.257 e. The zero-order chi connectivity index (χ0) is 20.6. The summed E-state index contributed by atoms with van der Waals surface area (Å²) in [6.45, 7) is 0. The number of benzene rings is 3. The summed E-state index contributed by atoms with van der Waals surface area (Å²) in [5.74, 6) is -0.998. The van der Waals surface area contributed by atoms with E-state index < -0.39 is 0 Å². The highest BCUT2D eigenvalue weighted by Gasteiger charge is 2.09. The fraction of sp³-hybridized carbons (Fsp3) is 0.0455. The van der Waals surface area contributed by atoms with Crippen LogP contribution in [0.3, 0.4) is 0 Å². The van der Waals surface area contributed by atoms with Gasteiger partial charge in [-0.25, -0.2) is 9.82 Å². The fourth-order valence-electron chi connectivity index (χ4n) is 2.55. The Labute approximate surface area is 172 Å². The number of halogens is 2. The molecule has 0 aliphatic heterocycles. The van der Waals surface area contributed by atoms with Crippen LogP contribution >= 0.6 is 11.6 Å². The van der Waals surface area contributed by atoms with Crippen LogP contribution in [0.4, 0.5) is 10.1 Å². The number of hydrazone groups is 1. The minimum atomic E-state index is -0.353. The molecule has 0 bridgehead atoms. The molecule has 0 aliphatic carbocycles. The first-order chi connectivity index (χ1) is 14.0. The molecule has 0 spiro atoms. The van der Waals surface area contributed by atoms with Crippen LogP contribution in [-0.4, -0.2) is 18.0 Å². The van der Waals surface area contributed by atoms with E-state index in [0.29, 0.717) is 27.4 Å². The SMILES string of the molecule is O=C(Cc1ccc(F)cc1)N/N=C\c1cccc(NC(=O)c2ccccc2Cl)c1. The zero-order valence-electron chi connectivity index (χ0n) is 15.2. The second kappa shape index (κ2) is 9.61. The molecule has 3 aromatic rings. The highest BCUT2D eigenvalue weighted by Crippen LogP contribution is 2.17. The van der Waals surface area contributed by atoms with Crippen molar-refractivity contribution in [2.75, 3.05) is 5.32 Å². The Bertz CT molecular complexity index is 1050. The van der Waals surface area contributed by atoms with E-state index in [0.717, 1.165) is 0 Å². The van der Waals surface area contributed by atoms with E-state index in [4.69, 9.17) is 11.6 Å². The molecule has 0 aliphatic rings. The standard InChI is InChI=1S/C22H17ClFN3O2/c23-20-7-2-1-6-19(20)22(29)26-18-5-3-4-16(12-18)14-25-27-21(28)13-15-8-10-17(24)11-9-15/h1-12,14H,13H2,(H,26,29)(H,27,28)/b25-14-. The summed E-state index contributed by atoms with van der Waals surface area (Å²) in [7, 11) is 0. The van der Waals surface area contributed by atoms with Crippen molar-refractivity contribution in [1.29, 1.82) is 0 Å². The van der Waals surface area contributed by atoms with Gasteiger partial charge in [0, 0.05) is 5.69 Å². The number of carbonyl (C=O) groups excluding carboxylic acids is 2. The van der Waals surface area contributed by atoms with E-state index in [9.17, 15) is 14.0 Å². The van der Waals surface area contributed by atoms with Gasteiger partial charge in [-0.2, -0.15) is 5.10 Å². The molecule has 0 saturated carbocycles. The second-order valence-corrected chi connectivity index (χ2v) is 6.56. The average Bonchev–Trinajstić information content (AvgIpc) is 2.70. The Balaban J connectivity index is 1.57. The molecular formula is C22H17ClFN3O2. The summed E-state index contributed by atoms with van der Waals surface area (Å²) in [6.07, 6.45) is 1.55. The number of nitrogens with zero attached hydrogens (tertiary/aromatic N) is 1. The van der Waals surface area contributed by atoms with Crippen LogP contribution in [0.1, 0.15) is 21.5 Å². The third-order valence-electron chi connectivity index (χ3n) is 3.94. The lowest BCUT2D eigenvalue weighted by Gasteiger charge is -2.07. The first-order valence-electron chi connectivity index (χ1n) is 8.73. The molecule has 0 radical (unpaired) electrons. The number of hydrogen-bond donors (Lipinski definition) is 2. The molecular weight excluding hydrogens is 393 g/mol. The molecule has 5 nitrogen and oxygen atoms in total. The Morgan fingerprint density at radius 3 is 2.52 bits per heavy atom. The van der Waals surface area contributed by atoms with Crippen molar-refractivity contribution in [2.24, 2.45) is 5.10 Å². The maximum atomic E-state index is 12.9. The fourth-order valence-corrected chi connectivity index (χ4v) is 2.77.